The number of hydrogen-bond donors (Lipinski definition) is 1. The number of para-hydroxylation sites is 1. The van der Waals surface area contributed by atoms with E-state index in [0.29, 0.717) is 12.2 Å². The van der Waals surface area contributed by atoms with Crippen LogP contribution in [0.1, 0.15) is 45.2 Å². The maximum atomic E-state index is 13.1. The summed E-state index contributed by atoms with van der Waals surface area (Å²) >= 11 is 0. The summed E-state index contributed by atoms with van der Waals surface area (Å²) in [5.74, 6) is -0.122. The van der Waals surface area contributed by atoms with Crippen molar-refractivity contribution in [2.24, 2.45) is 0 Å². The van der Waals surface area contributed by atoms with Gasteiger partial charge in [0.1, 0.15) is 5.75 Å². The lowest BCUT2D eigenvalue weighted by molar-refractivity contribution is -0.137. The molecule has 0 radical (unpaired) electrons. The number of benzene rings is 2. The van der Waals surface area contributed by atoms with Gasteiger partial charge in [-0.3, -0.25) is 4.79 Å². The van der Waals surface area contributed by atoms with E-state index in [1.807, 2.05) is 12.1 Å². The van der Waals surface area contributed by atoms with Gasteiger partial charge in [-0.2, -0.15) is 13.2 Å². The van der Waals surface area contributed by atoms with Gasteiger partial charge in [-0.1, -0.05) is 52.0 Å². The smallest absolute Gasteiger partial charge is 0.418 e. The monoisotopic (exact) mass is 379 g/mol. The molecule has 27 heavy (non-hydrogen) atoms. The molecule has 1 atom stereocenters. The minimum absolute atomic E-state index is 0.0125. The summed E-state index contributed by atoms with van der Waals surface area (Å²) in [5, 5.41) is 2.34. The zero-order chi connectivity index (χ0) is 20.2. The Morgan fingerprint density at radius 2 is 1.63 bits per heavy atom. The van der Waals surface area contributed by atoms with E-state index < -0.39 is 23.8 Å². The molecular weight excluding hydrogens is 355 g/mol. The van der Waals surface area contributed by atoms with Crippen molar-refractivity contribution in [3.63, 3.8) is 0 Å². The molecule has 0 unspecified atom stereocenters. The van der Waals surface area contributed by atoms with Gasteiger partial charge < -0.3 is 10.1 Å². The molecule has 1 N–H and O–H groups in total. The molecule has 0 aliphatic rings. The molecule has 2 aromatic carbocycles. The van der Waals surface area contributed by atoms with Gasteiger partial charge in [0, 0.05) is 0 Å². The van der Waals surface area contributed by atoms with Crippen molar-refractivity contribution in [1.82, 2.24) is 0 Å². The molecule has 0 aromatic heterocycles. The lowest BCUT2D eigenvalue weighted by atomic mass is 9.87. The molecule has 0 saturated carbocycles. The van der Waals surface area contributed by atoms with Gasteiger partial charge in [-0.25, -0.2) is 0 Å². The molecule has 0 spiro atoms. The van der Waals surface area contributed by atoms with E-state index in [9.17, 15) is 18.0 Å². The third kappa shape index (κ3) is 5.49. The number of carbonyl (C=O) groups excluding carboxylic acids is 1. The van der Waals surface area contributed by atoms with E-state index in [1.165, 1.54) is 18.2 Å². The Morgan fingerprint density at radius 3 is 2.15 bits per heavy atom. The van der Waals surface area contributed by atoms with Crippen molar-refractivity contribution in [2.45, 2.75) is 51.8 Å². The molecule has 2 aromatic rings. The first-order chi connectivity index (χ1) is 12.5. The second-order valence-corrected chi connectivity index (χ2v) is 7.32. The fourth-order valence-corrected chi connectivity index (χ4v) is 2.57. The summed E-state index contributed by atoms with van der Waals surface area (Å²) < 4.78 is 44.9. The van der Waals surface area contributed by atoms with Crippen LogP contribution >= 0.6 is 0 Å². The van der Waals surface area contributed by atoms with Crippen LogP contribution < -0.4 is 10.1 Å². The number of anilines is 1. The zero-order valence-electron chi connectivity index (χ0n) is 15.9. The average molecular weight is 379 g/mol. The molecule has 3 nitrogen and oxygen atoms in total. The summed E-state index contributed by atoms with van der Waals surface area (Å²) in [6.07, 6.45) is -5.12. The van der Waals surface area contributed by atoms with Crippen molar-refractivity contribution in [2.75, 3.05) is 5.32 Å². The van der Waals surface area contributed by atoms with Gasteiger partial charge in [-0.15, -0.1) is 0 Å². The van der Waals surface area contributed by atoms with Crippen LogP contribution in [-0.2, 0) is 16.4 Å². The number of nitrogens with one attached hydrogen (secondary N) is 1. The second kappa shape index (κ2) is 8.03. The zero-order valence-corrected chi connectivity index (χ0v) is 15.9. The number of alkyl halides is 3. The highest BCUT2D eigenvalue weighted by Gasteiger charge is 2.34. The van der Waals surface area contributed by atoms with Crippen LogP contribution in [0, 0.1) is 0 Å². The summed E-state index contributed by atoms with van der Waals surface area (Å²) in [6, 6.07) is 12.2. The molecule has 0 aliphatic heterocycles. The van der Waals surface area contributed by atoms with Crippen molar-refractivity contribution in [3.8, 4) is 5.75 Å². The topological polar surface area (TPSA) is 38.3 Å². The Labute approximate surface area is 157 Å². The van der Waals surface area contributed by atoms with Gasteiger partial charge >= 0.3 is 6.18 Å². The van der Waals surface area contributed by atoms with Crippen LogP contribution in [0.3, 0.4) is 0 Å². The fraction of sp³-hybridized carbons (Fsp3) is 0.381. The highest BCUT2D eigenvalue weighted by atomic mass is 19.4. The molecule has 1 amide bonds. The van der Waals surface area contributed by atoms with Crippen LogP contribution in [0.25, 0.3) is 0 Å². The first kappa shape index (κ1) is 20.8. The first-order valence-corrected chi connectivity index (χ1v) is 8.76. The van der Waals surface area contributed by atoms with E-state index >= 15 is 0 Å². The second-order valence-electron chi connectivity index (χ2n) is 7.32. The van der Waals surface area contributed by atoms with Crippen molar-refractivity contribution in [3.05, 3.63) is 59.7 Å². The van der Waals surface area contributed by atoms with Gasteiger partial charge in [-0.05, 0) is 41.7 Å². The van der Waals surface area contributed by atoms with Gasteiger partial charge in [0.15, 0.2) is 6.10 Å². The standard InChI is InChI=1S/C21H24F3NO2/c1-5-18(27-15-12-10-14(11-13-15)20(2,3)4)19(26)25-17-9-7-6-8-16(17)21(22,23)24/h6-13,18H,5H2,1-4H3,(H,25,26)/t18-/m0/s1. The maximum Gasteiger partial charge on any atom is 0.418 e. The maximum absolute atomic E-state index is 13.1. The van der Waals surface area contributed by atoms with Crippen LogP contribution in [0.15, 0.2) is 48.5 Å². The van der Waals surface area contributed by atoms with Gasteiger partial charge in [0.25, 0.3) is 5.91 Å². The highest BCUT2D eigenvalue weighted by Crippen LogP contribution is 2.34. The van der Waals surface area contributed by atoms with E-state index in [2.05, 4.69) is 26.1 Å². The van der Waals surface area contributed by atoms with Crippen molar-refractivity contribution < 1.29 is 22.7 Å². The number of amides is 1. The predicted molar refractivity (Wildman–Crippen MR) is 99.9 cm³/mol. The number of ether oxygens (including phenoxy) is 1. The van der Waals surface area contributed by atoms with Crippen LogP contribution in [0.2, 0.25) is 0 Å². The van der Waals surface area contributed by atoms with Gasteiger partial charge in [0.2, 0.25) is 0 Å². The third-order valence-corrected chi connectivity index (χ3v) is 4.15. The van der Waals surface area contributed by atoms with E-state index in [0.717, 1.165) is 11.6 Å². The molecule has 6 heteroatoms. The molecule has 0 aliphatic carbocycles. The molecule has 146 valence electrons. The minimum atomic E-state index is -4.55. The third-order valence-electron chi connectivity index (χ3n) is 4.15. The van der Waals surface area contributed by atoms with E-state index in [4.69, 9.17) is 4.74 Å². The van der Waals surface area contributed by atoms with E-state index in [1.54, 1.807) is 19.1 Å². The van der Waals surface area contributed by atoms with Crippen LogP contribution in [0.5, 0.6) is 5.75 Å². The lowest BCUT2D eigenvalue weighted by Gasteiger charge is -2.21. The number of halogens is 3. The number of rotatable bonds is 5. The largest absolute Gasteiger partial charge is 0.481 e. The minimum Gasteiger partial charge on any atom is -0.481 e. The summed E-state index contributed by atoms with van der Waals surface area (Å²) in [4.78, 5) is 12.4. The Balaban J connectivity index is 2.13. The molecule has 0 bridgehead atoms. The Bertz CT molecular complexity index is 777. The van der Waals surface area contributed by atoms with Crippen LogP contribution in [-0.4, -0.2) is 12.0 Å². The average Bonchev–Trinajstić information content (AvgIpc) is 2.58. The molecule has 0 heterocycles. The first-order valence-electron chi connectivity index (χ1n) is 8.76. The van der Waals surface area contributed by atoms with E-state index in [-0.39, 0.29) is 11.1 Å². The predicted octanol–water partition coefficient (Wildman–Crippen LogP) is 5.80. The molecule has 2 rings (SSSR count). The van der Waals surface area contributed by atoms with Crippen molar-refractivity contribution in [1.29, 1.82) is 0 Å². The Kier molecular flexibility index (Phi) is 6.19. The summed E-state index contributed by atoms with van der Waals surface area (Å²) in [7, 11) is 0. The quantitative estimate of drug-likeness (QED) is 0.713. The SMILES string of the molecule is CC[C@H](Oc1ccc(C(C)(C)C)cc1)C(=O)Nc1ccccc1C(F)(F)F. The lowest BCUT2D eigenvalue weighted by Crippen LogP contribution is -2.33. The fourth-order valence-electron chi connectivity index (χ4n) is 2.57. The van der Waals surface area contributed by atoms with Gasteiger partial charge in [0.05, 0.1) is 11.3 Å². The molecular formula is C21H24F3NO2. The number of hydrogen-bond acceptors (Lipinski definition) is 2. The summed E-state index contributed by atoms with van der Waals surface area (Å²) in [5.41, 5.74) is -0.0595. The highest BCUT2D eigenvalue weighted by molar-refractivity contribution is 5.95. The molecule has 0 saturated heterocycles. The number of carbonyl (C=O) groups is 1. The Hall–Kier alpha value is -2.50. The van der Waals surface area contributed by atoms with Crippen LogP contribution in [0.4, 0.5) is 18.9 Å². The van der Waals surface area contributed by atoms with Crippen molar-refractivity contribution >= 4 is 11.6 Å². The Morgan fingerprint density at radius 1 is 1.04 bits per heavy atom. The normalized spacial score (nSPS) is 13.1. The molecule has 0 fully saturated rings. The summed E-state index contributed by atoms with van der Waals surface area (Å²) in [6.45, 7) is 8.00.